The molecule has 0 amide bonds. The Balaban J connectivity index is 2.86. The van der Waals surface area contributed by atoms with Crippen LogP contribution in [0.25, 0.3) is 0 Å². The van der Waals surface area contributed by atoms with E-state index in [-0.39, 0.29) is 24.1 Å². The van der Waals surface area contributed by atoms with E-state index in [1.807, 2.05) is 0 Å². The fourth-order valence-corrected chi connectivity index (χ4v) is 1.46. The number of ketones is 1. The third kappa shape index (κ3) is 2.89. The molecule has 2 nitrogen and oxygen atoms in total. The van der Waals surface area contributed by atoms with Crippen molar-refractivity contribution in [1.29, 1.82) is 0 Å². The maximum Gasteiger partial charge on any atom is 0.164 e. The zero-order chi connectivity index (χ0) is 10.7. The summed E-state index contributed by atoms with van der Waals surface area (Å²) in [6.45, 7) is 1.76. The Labute approximate surface area is 90.4 Å². The maximum absolute atomic E-state index is 12.8. The van der Waals surface area contributed by atoms with Gasteiger partial charge in [0.15, 0.2) is 5.78 Å². The summed E-state index contributed by atoms with van der Waals surface area (Å²) in [6, 6.07) is 4.02. The fraction of sp³-hybridized carbons (Fsp3) is 0.300. The number of nitrogens with two attached hydrogens (primary N) is 1. The largest absolute Gasteiger partial charge is 0.328 e. The fourth-order valence-electron chi connectivity index (χ4n) is 1.08. The van der Waals surface area contributed by atoms with Crippen LogP contribution < -0.4 is 5.73 Å². The van der Waals surface area contributed by atoms with Gasteiger partial charge in [-0.3, -0.25) is 4.79 Å². The summed E-state index contributed by atoms with van der Waals surface area (Å²) in [6.07, 6.45) is 0.276. The van der Waals surface area contributed by atoms with Crippen LogP contribution in [0.3, 0.4) is 0 Å². The molecule has 0 heterocycles. The van der Waals surface area contributed by atoms with E-state index < -0.39 is 0 Å². The molecule has 2 N–H and O–H groups in total. The summed E-state index contributed by atoms with van der Waals surface area (Å²) in [4.78, 5) is 11.5. The topological polar surface area (TPSA) is 43.1 Å². The quantitative estimate of drug-likeness (QED) is 0.848. The molecule has 4 heteroatoms. The number of carbonyl (C=O) groups is 1. The summed E-state index contributed by atoms with van der Waals surface area (Å²) in [5.74, 6) is -0.442. The molecule has 0 aliphatic carbocycles. The Hall–Kier alpha value is -0.740. The standard InChI is InChI=1S/C10H11BrFNO/c1-6(13)4-10(14)7-2-3-9(12)8(11)5-7/h2-3,5-6H,4,13H2,1H3. The van der Waals surface area contributed by atoms with Gasteiger partial charge in [0.25, 0.3) is 0 Å². The maximum atomic E-state index is 12.8. The van der Waals surface area contributed by atoms with E-state index in [9.17, 15) is 9.18 Å². The van der Waals surface area contributed by atoms with Crippen LogP contribution in [0, 0.1) is 5.82 Å². The van der Waals surface area contributed by atoms with Crippen molar-refractivity contribution < 1.29 is 9.18 Å². The number of hydrogen-bond donors (Lipinski definition) is 1. The first kappa shape index (κ1) is 11.3. The van der Waals surface area contributed by atoms with E-state index in [0.717, 1.165) is 0 Å². The molecule has 0 saturated heterocycles. The summed E-state index contributed by atoms with van der Waals surface area (Å²) >= 11 is 3.02. The normalized spacial score (nSPS) is 12.6. The molecule has 0 radical (unpaired) electrons. The molecule has 14 heavy (non-hydrogen) atoms. The van der Waals surface area contributed by atoms with Gasteiger partial charge >= 0.3 is 0 Å². The van der Waals surface area contributed by atoms with Crippen molar-refractivity contribution >= 4 is 21.7 Å². The van der Waals surface area contributed by atoms with E-state index >= 15 is 0 Å². The van der Waals surface area contributed by atoms with Crippen LogP contribution >= 0.6 is 15.9 Å². The number of carbonyl (C=O) groups excluding carboxylic acids is 1. The first-order chi connectivity index (χ1) is 6.50. The third-order valence-electron chi connectivity index (χ3n) is 1.75. The lowest BCUT2D eigenvalue weighted by atomic mass is 10.1. The smallest absolute Gasteiger partial charge is 0.164 e. The molecule has 1 unspecified atom stereocenters. The van der Waals surface area contributed by atoms with Gasteiger partial charge in [-0.1, -0.05) is 0 Å². The van der Waals surface area contributed by atoms with Crippen LogP contribution in [0.2, 0.25) is 0 Å². The summed E-state index contributed by atoms with van der Waals surface area (Å²) < 4.78 is 13.1. The van der Waals surface area contributed by atoms with Gasteiger partial charge in [0, 0.05) is 18.0 Å². The number of rotatable bonds is 3. The number of benzene rings is 1. The monoisotopic (exact) mass is 259 g/mol. The molecular formula is C10H11BrFNO. The number of hydrogen-bond acceptors (Lipinski definition) is 2. The lowest BCUT2D eigenvalue weighted by Crippen LogP contribution is -2.19. The molecule has 0 fully saturated rings. The Morgan fingerprint density at radius 2 is 2.29 bits per heavy atom. The Kier molecular flexibility index (Phi) is 3.77. The van der Waals surface area contributed by atoms with Gasteiger partial charge in [-0.15, -0.1) is 0 Å². The highest BCUT2D eigenvalue weighted by Gasteiger charge is 2.10. The van der Waals surface area contributed by atoms with Gasteiger partial charge in [-0.25, -0.2) is 4.39 Å². The van der Waals surface area contributed by atoms with Gasteiger partial charge < -0.3 is 5.73 Å². The van der Waals surface area contributed by atoms with Crippen LogP contribution in [0.4, 0.5) is 4.39 Å². The van der Waals surface area contributed by atoms with Gasteiger partial charge in [-0.05, 0) is 41.1 Å². The predicted molar refractivity (Wildman–Crippen MR) is 56.7 cm³/mol. The average molecular weight is 260 g/mol. The summed E-state index contributed by atoms with van der Waals surface area (Å²) in [5.41, 5.74) is 5.97. The molecule has 0 spiro atoms. The number of Topliss-reactive ketones (excluding diaryl/α,β-unsaturated/α-hetero) is 1. The molecule has 0 aliphatic rings. The Morgan fingerprint density at radius 3 is 2.79 bits per heavy atom. The highest BCUT2D eigenvalue weighted by Crippen LogP contribution is 2.17. The molecular weight excluding hydrogens is 249 g/mol. The van der Waals surface area contributed by atoms with Crippen LogP contribution in [-0.4, -0.2) is 11.8 Å². The zero-order valence-corrected chi connectivity index (χ0v) is 9.34. The van der Waals surface area contributed by atoms with Crippen LogP contribution in [0.15, 0.2) is 22.7 Å². The summed E-state index contributed by atoms with van der Waals surface area (Å²) in [7, 11) is 0. The van der Waals surface area contributed by atoms with E-state index in [2.05, 4.69) is 15.9 Å². The van der Waals surface area contributed by atoms with Gasteiger partial charge in [-0.2, -0.15) is 0 Å². The van der Waals surface area contributed by atoms with E-state index in [0.29, 0.717) is 10.0 Å². The van der Waals surface area contributed by atoms with E-state index in [1.54, 1.807) is 6.92 Å². The first-order valence-corrected chi connectivity index (χ1v) is 5.04. The molecule has 0 aliphatic heterocycles. The lowest BCUT2D eigenvalue weighted by molar-refractivity contribution is 0.0976. The molecule has 76 valence electrons. The highest BCUT2D eigenvalue weighted by molar-refractivity contribution is 9.10. The predicted octanol–water partition coefficient (Wildman–Crippen LogP) is 2.51. The summed E-state index contributed by atoms with van der Waals surface area (Å²) in [5, 5.41) is 0. The van der Waals surface area contributed by atoms with Crippen molar-refractivity contribution in [1.82, 2.24) is 0 Å². The highest BCUT2D eigenvalue weighted by atomic mass is 79.9. The van der Waals surface area contributed by atoms with Gasteiger partial charge in [0.05, 0.1) is 4.47 Å². The third-order valence-corrected chi connectivity index (χ3v) is 2.36. The van der Waals surface area contributed by atoms with E-state index in [1.165, 1.54) is 18.2 Å². The second kappa shape index (κ2) is 4.66. The molecule has 0 bridgehead atoms. The molecule has 1 aromatic carbocycles. The minimum Gasteiger partial charge on any atom is -0.328 e. The van der Waals surface area contributed by atoms with Crippen molar-refractivity contribution in [3.05, 3.63) is 34.1 Å². The minimum absolute atomic E-state index is 0.0688. The number of halogens is 2. The van der Waals surface area contributed by atoms with Crippen LogP contribution in [0.1, 0.15) is 23.7 Å². The Morgan fingerprint density at radius 1 is 1.64 bits per heavy atom. The van der Waals surface area contributed by atoms with Gasteiger partial charge in [0.2, 0.25) is 0 Å². The average Bonchev–Trinajstić information content (AvgIpc) is 2.08. The SMILES string of the molecule is CC(N)CC(=O)c1ccc(F)c(Br)c1. The molecule has 1 aromatic rings. The molecule has 0 saturated carbocycles. The van der Waals surface area contributed by atoms with Crippen molar-refractivity contribution in [2.45, 2.75) is 19.4 Å². The second-order valence-electron chi connectivity index (χ2n) is 3.23. The van der Waals surface area contributed by atoms with Crippen molar-refractivity contribution in [2.75, 3.05) is 0 Å². The van der Waals surface area contributed by atoms with Gasteiger partial charge in [0.1, 0.15) is 5.82 Å². The van der Waals surface area contributed by atoms with Crippen molar-refractivity contribution in [2.24, 2.45) is 5.73 Å². The molecule has 1 atom stereocenters. The van der Waals surface area contributed by atoms with E-state index in [4.69, 9.17) is 5.73 Å². The molecule has 1 rings (SSSR count). The van der Waals surface area contributed by atoms with Crippen molar-refractivity contribution in [3.63, 3.8) is 0 Å². The second-order valence-corrected chi connectivity index (χ2v) is 4.09. The first-order valence-electron chi connectivity index (χ1n) is 4.24. The van der Waals surface area contributed by atoms with Crippen molar-refractivity contribution in [3.8, 4) is 0 Å². The minimum atomic E-state index is -0.373. The zero-order valence-electron chi connectivity index (χ0n) is 7.76. The lowest BCUT2D eigenvalue weighted by Gasteiger charge is -2.04. The van der Waals surface area contributed by atoms with Crippen LogP contribution in [0.5, 0.6) is 0 Å². The molecule has 0 aromatic heterocycles. The van der Waals surface area contributed by atoms with Crippen LogP contribution in [-0.2, 0) is 0 Å². The Bertz CT molecular complexity index is 352.